The number of ketones is 1. The van der Waals surface area contributed by atoms with Crippen molar-refractivity contribution in [3.05, 3.63) is 84.3 Å². The van der Waals surface area contributed by atoms with E-state index in [-0.39, 0.29) is 5.78 Å². The fraction of sp³-hybridized carbons (Fsp3) is 0. The van der Waals surface area contributed by atoms with Crippen molar-refractivity contribution in [1.29, 1.82) is 0 Å². The van der Waals surface area contributed by atoms with Crippen LogP contribution in [0.2, 0.25) is 0 Å². The average Bonchev–Trinajstić information content (AvgIpc) is 2.97. The minimum Gasteiger partial charge on any atom is -0.382 e. The second-order valence-corrected chi connectivity index (χ2v) is 5.42. The van der Waals surface area contributed by atoms with Crippen LogP contribution in [0.5, 0.6) is 0 Å². The van der Waals surface area contributed by atoms with Crippen molar-refractivity contribution in [3.8, 4) is 11.3 Å². The van der Waals surface area contributed by atoms with Gasteiger partial charge in [0, 0.05) is 35.3 Å². The van der Waals surface area contributed by atoms with Crippen LogP contribution in [-0.4, -0.2) is 20.2 Å². The van der Waals surface area contributed by atoms with Crippen LogP contribution in [0.15, 0.2) is 73.2 Å². The highest BCUT2D eigenvalue weighted by molar-refractivity contribution is 6.08. The molecule has 3 aromatic heterocycles. The Balaban J connectivity index is 1.88. The van der Waals surface area contributed by atoms with Crippen molar-refractivity contribution in [1.82, 2.24) is 14.4 Å². The van der Waals surface area contributed by atoms with Crippen LogP contribution in [-0.2, 0) is 0 Å². The van der Waals surface area contributed by atoms with Crippen molar-refractivity contribution in [2.45, 2.75) is 0 Å². The van der Waals surface area contributed by atoms with Crippen molar-refractivity contribution >= 4 is 17.2 Å². The summed E-state index contributed by atoms with van der Waals surface area (Å²) in [6, 6.07) is 16.7. The number of benzene rings is 1. The molecule has 4 rings (SSSR count). The Kier molecular flexibility index (Phi) is 3.31. The number of carbonyl (C=O) groups excluding carboxylic acids is 1. The van der Waals surface area contributed by atoms with E-state index in [1.807, 2.05) is 34.7 Å². The molecule has 1 aromatic carbocycles. The second-order valence-electron chi connectivity index (χ2n) is 5.42. The largest absolute Gasteiger partial charge is 0.382 e. The molecule has 0 aliphatic heterocycles. The zero-order valence-corrected chi connectivity index (χ0v) is 12.8. The molecule has 4 aromatic rings. The van der Waals surface area contributed by atoms with E-state index in [0.29, 0.717) is 22.6 Å². The van der Waals surface area contributed by atoms with Crippen LogP contribution in [0.4, 0.5) is 5.82 Å². The van der Waals surface area contributed by atoms with Gasteiger partial charge in [0.1, 0.15) is 5.65 Å². The molecule has 0 radical (unpaired) electrons. The molecule has 0 aliphatic carbocycles. The number of imidazole rings is 1. The summed E-state index contributed by atoms with van der Waals surface area (Å²) in [6.07, 6.45) is 5.00. The van der Waals surface area contributed by atoms with E-state index in [1.54, 1.807) is 42.9 Å². The highest BCUT2D eigenvalue weighted by Gasteiger charge is 2.15. The van der Waals surface area contributed by atoms with E-state index >= 15 is 0 Å². The first-order valence-corrected chi connectivity index (χ1v) is 7.52. The van der Waals surface area contributed by atoms with Gasteiger partial charge >= 0.3 is 0 Å². The number of hydrogen-bond acceptors (Lipinski definition) is 4. The molecule has 2 N–H and O–H groups in total. The highest BCUT2D eigenvalue weighted by atomic mass is 16.1. The number of carbonyl (C=O) groups is 1. The number of anilines is 1. The monoisotopic (exact) mass is 314 g/mol. The summed E-state index contributed by atoms with van der Waals surface area (Å²) in [6.45, 7) is 0. The lowest BCUT2D eigenvalue weighted by Gasteiger charge is -2.06. The number of nitrogen functional groups attached to an aromatic ring is 1. The summed E-state index contributed by atoms with van der Waals surface area (Å²) >= 11 is 0. The van der Waals surface area contributed by atoms with Gasteiger partial charge in [0.2, 0.25) is 0 Å². The number of fused-ring (bicyclic) bond motifs is 1. The summed E-state index contributed by atoms with van der Waals surface area (Å²) in [5.41, 5.74) is 9.71. The maximum absolute atomic E-state index is 12.7. The third-order valence-electron chi connectivity index (χ3n) is 3.90. The number of hydrogen-bond donors (Lipinski definition) is 1. The highest BCUT2D eigenvalue weighted by Crippen LogP contribution is 2.27. The van der Waals surface area contributed by atoms with Gasteiger partial charge in [-0.3, -0.25) is 14.2 Å². The van der Waals surface area contributed by atoms with Crippen LogP contribution in [0.25, 0.3) is 16.9 Å². The van der Waals surface area contributed by atoms with Crippen LogP contribution in [0.1, 0.15) is 15.9 Å². The van der Waals surface area contributed by atoms with Crippen molar-refractivity contribution in [2.75, 3.05) is 5.73 Å². The molecule has 0 bridgehead atoms. The SMILES string of the molecule is Nc1nc2ccc(C(=O)c3ccncc3)cn2c1-c1ccccc1. The Labute approximate surface area is 138 Å². The molecule has 0 unspecified atom stereocenters. The number of pyridine rings is 2. The molecule has 24 heavy (non-hydrogen) atoms. The van der Waals surface area contributed by atoms with Crippen molar-refractivity contribution in [3.63, 3.8) is 0 Å². The van der Waals surface area contributed by atoms with Gasteiger partial charge in [-0.1, -0.05) is 30.3 Å². The van der Waals surface area contributed by atoms with Gasteiger partial charge in [0.25, 0.3) is 0 Å². The predicted octanol–water partition coefficient (Wildman–Crippen LogP) is 3.21. The summed E-state index contributed by atoms with van der Waals surface area (Å²) in [4.78, 5) is 21.0. The molecule has 0 saturated heterocycles. The molecular formula is C19H14N4O. The third kappa shape index (κ3) is 2.32. The van der Waals surface area contributed by atoms with Crippen LogP contribution in [0.3, 0.4) is 0 Å². The predicted molar refractivity (Wildman–Crippen MR) is 92.7 cm³/mol. The van der Waals surface area contributed by atoms with Crippen LogP contribution < -0.4 is 5.73 Å². The first kappa shape index (κ1) is 14.1. The maximum atomic E-state index is 12.7. The molecule has 0 amide bonds. The first-order valence-electron chi connectivity index (χ1n) is 7.52. The fourth-order valence-corrected chi connectivity index (χ4v) is 2.75. The number of nitrogens with zero attached hydrogens (tertiary/aromatic N) is 3. The molecule has 0 atom stereocenters. The molecule has 3 heterocycles. The lowest BCUT2D eigenvalue weighted by Crippen LogP contribution is -2.03. The summed E-state index contributed by atoms with van der Waals surface area (Å²) in [7, 11) is 0. The number of nitrogens with two attached hydrogens (primary N) is 1. The van der Waals surface area contributed by atoms with E-state index in [4.69, 9.17) is 5.73 Å². The van der Waals surface area contributed by atoms with E-state index < -0.39 is 0 Å². The van der Waals surface area contributed by atoms with Gasteiger partial charge < -0.3 is 5.73 Å². The third-order valence-corrected chi connectivity index (χ3v) is 3.90. The standard InChI is InChI=1S/C19H14N4O/c20-19-17(13-4-2-1-3-5-13)23-12-15(6-7-16(23)22-19)18(24)14-8-10-21-11-9-14/h1-12H,20H2. The smallest absolute Gasteiger partial charge is 0.194 e. The van der Waals surface area contributed by atoms with E-state index in [9.17, 15) is 4.79 Å². The van der Waals surface area contributed by atoms with Gasteiger partial charge in [0.05, 0.1) is 5.69 Å². The molecule has 116 valence electrons. The van der Waals surface area contributed by atoms with E-state index in [2.05, 4.69) is 9.97 Å². The van der Waals surface area contributed by atoms with Crippen molar-refractivity contribution < 1.29 is 4.79 Å². The Hall–Kier alpha value is -3.47. The van der Waals surface area contributed by atoms with Crippen molar-refractivity contribution in [2.24, 2.45) is 0 Å². The Morgan fingerprint density at radius 1 is 0.917 bits per heavy atom. The minimum atomic E-state index is -0.0643. The second kappa shape index (κ2) is 5.62. The topological polar surface area (TPSA) is 73.3 Å². The lowest BCUT2D eigenvalue weighted by atomic mass is 10.1. The quantitative estimate of drug-likeness (QED) is 0.589. The summed E-state index contributed by atoms with van der Waals surface area (Å²) < 4.78 is 1.86. The summed E-state index contributed by atoms with van der Waals surface area (Å²) in [5.74, 6) is 0.375. The molecule has 0 fully saturated rings. The van der Waals surface area contributed by atoms with Gasteiger partial charge in [-0.05, 0) is 24.3 Å². The molecule has 0 saturated carbocycles. The van der Waals surface area contributed by atoms with E-state index in [0.717, 1.165) is 11.3 Å². The van der Waals surface area contributed by atoms with Gasteiger partial charge in [-0.2, -0.15) is 0 Å². The maximum Gasteiger partial charge on any atom is 0.194 e. The zero-order chi connectivity index (χ0) is 16.5. The van der Waals surface area contributed by atoms with Gasteiger partial charge in [-0.15, -0.1) is 0 Å². The Bertz CT molecular complexity index is 1020. The molecular weight excluding hydrogens is 300 g/mol. The molecule has 5 nitrogen and oxygen atoms in total. The van der Waals surface area contributed by atoms with Crippen LogP contribution in [0, 0.1) is 0 Å². The Morgan fingerprint density at radius 3 is 2.42 bits per heavy atom. The zero-order valence-electron chi connectivity index (χ0n) is 12.8. The first-order chi connectivity index (χ1) is 11.7. The lowest BCUT2D eigenvalue weighted by molar-refractivity contribution is 0.103. The summed E-state index contributed by atoms with van der Waals surface area (Å²) in [5, 5.41) is 0. The molecule has 0 aliphatic rings. The molecule has 0 spiro atoms. The normalized spacial score (nSPS) is 10.8. The Morgan fingerprint density at radius 2 is 1.67 bits per heavy atom. The fourth-order valence-electron chi connectivity index (χ4n) is 2.75. The number of aromatic nitrogens is 3. The molecule has 5 heteroatoms. The number of rotatable bonds is 3. The van der Waals surface area contributed by atoms with Crippen LogP contribution >= 0.6 is 0 Å². The average molecular weight is 314 g/mol. The van der Waals surface area contributed by atoms with Gasteiger partial charge in [-0.25, -0.2) is 4.98 Å². The minimum absolute atomic E-state index is 0.0643. The van der Waals surface area contributed by atoms with E-state index in [1.165, 1.54) is 0 Å². The van der Waals surface area contributed by atoms with Gasteiger partial charge in [0.15, 0.2) is 11.6 Å².